The van der Waals surface area contributed by atoms with Crippen molar-refractivity contribution in [3.05, 3.63) is 34.7 Å². The average Bonchev–Trinajstić information content (AvgIpc) is 3.21. The lowest BCUT2D eigenvalue weighted by Gasteiger charge is -2.52. The molecule has 24 heavy (non-hydrogen) atoms. The van der Waals surface area contributed by atoms with E-state index in [2.05, 4.69) is 41.4 Å². The zero-order valence-electron chi connectivity index (χ0n) is 13.9. The number of benzene rings is 1. The summed E-state index contributed by atoms with van der Waals surface area (Å²) in [6, 6.07) is 8.71. The summed E-state index contributed by atoms with van der Waals surface area (Å²) in [6.45, 7) is 4.59. The Kier molecular flexibility index (Phi) is 3.90. The first kappa shape index (κ1) is 16.4. The standard InChI is InChI=1S/C19H22N2OS.ClH/c1-12-3-2-4-14-11-15(23-16(12)14)18(22)20-17-13-5-9-21(10-6-13)19(17)7-8-19;/h2-4,11,13,17H,5-10H2,1H3,(H,20,22);1H/t17-;/m1./s1. The number of rotatable bonds is 2. The number of aryl methyl sites for hydroxylation is 1. The summed E-state index contributed by atoms with van der Waals surface area (Å²) >= 11 is 1.64. The minimum absolute atomic E-state index is 0. The molecule has 3 aliphatic heterocycles. The Balaban J connectivity index is 0.00000146. The number of carbonyl (C=O) groups is 1. The quantitative estimate of drug-likeness (QED) is 0.876. The maximum atomic E-state index is 12.9. The third kappa shape index (κ3) is 2.31. The molecule has 2 bridgehead atoms. The number of halogens is 1. The van der Waals surface area contributed by atoms with Crippen molar-refractivity contribution in [2.24, 2.45) is 5.92 Å². The van der Waals surface area contributed by atoms with Crippen LogP contribution in [-0.2, 0) is 0 Å². The lowest BCUT2D eigenvalue weighted by Crippen LogP contribution is -2.65. The van der Waals surface area contributed by atoms with Gasteiger partial charge in [0.25, 0.3) is 5.91 Å². The minimum atomic E-state index is 0. The van der Waals surface area contributed by atoms with Gasteiger partial charge in [0.15, 0.2) is 0 Å². The number of fused-ring (bicyclic) bond motifs is 3. The molecule has 4 fully saturated rings. The van der Waals surface area contributed by atoms with Gasteiger partial charge in [-0.3, -0.25) is 9.69 Å². The van der Waals surface area contributed by atoms with Gasteiger partial charge in [-0.2, -0.15) is 0 Å². The van der Waals surface area contributed by atoms with Crippen LogP contribution in [0.4, 0.5) is 0 Å². The predicted molar refractivity (Wildman–Crippen MR) is 101 cm³/mol. The topological polar surface area (TPSA) is 32.3 Å². The molecule has 1 N–H and O–H groups in total. The van der Waals surface area contributed by atoms with Crippen molar-refractivity contribution < 1.29 is 4.79 Å². The largest absolute Gasteiger partial charge is 0.346 e. The Morgan fingerprint density at radius 3 is 2.71 bits per heavy atom. The van der Waals surface area contributed by atoms with E-state index in [-0.39, 0.29) is 18.3 Å². The highest BCUT2D eigenvalue weighted by molar-refractivity contribution is 7.21. The minimum Gasteiger partial charge on any atom is -0.346 e. The summed E-state index contributed by atoms with van der Waals surface area (Å²) in [4.78, 5) is 16.4. The lowest BCUT2D eigenvalue weighted by molar-refractivity contribution is -0.00138. The van der Waals surface area contributed by atoms with Crippen LogP contribution >= 0.6 is 23.7 Å². The Bertz CT molecular complexity index is 790. The Hall–Kier alpha value is -1.10. The summed E-state index contributed by atoms with van der Waals surface area (Å²) < 4.78 is 1.24. The van der Waals surface area contributed by atoms with Gasteiger partial charge in [-0.15, -0.1) is 23.7 Å². The molecule has 1 aromatic heterocycles. The van der Waals surface area contributed by atoms with Crippen LogP contribution < -0.4 is 5.32 Å². The molecule has 5 heteroatoms. The zero-order valence-corrected chi connectivity index (χ0v) is 15.5. The van der Waals surface area contributed by atoms with Crippen LogP contribution in [0.15, 0.2) is 24.3 Å². The number of thiophene rings is 1. The van der Waals surface area contributed by atoms with Crippen LogP contribution in [0.1, 0.15) is 40.9 Å². The van der Waals surface area contributed by atoms with Crippen molar-refractivity contribution in [2.45, 2.75) is 44.2 Å². The van der Waals surface area contributed by atoms with Gasteiger partial charge in [-0.25, -0.2) is 0 Å². The summed E-state index contributed by atoms with van der Waals surface area (Å²) in [5.41, 5.74) is 1.57. The van der Waals surface area contributed by atoms with Crippen LogP contribution in [0.5, 0.6) is 0 Å². The maximum absolute atomic E-state index is 12.9. The molecular weight excluding hydrogens is 340 g/mol. The first-order chi connectivity index (χ1) is 11.2. The van der Waals surface area contributed by atoms with E-state index in [0.717, 1.165) is 4.88 Å². The van der Waals surface area contributed by atoms with Gasteiger partial charge in [0.05, 0.1) is 10.9 Å². The Morgan fingerprint density at radius 2 is 2.04 bits per heavy atom. The molecule has 0 unspecified atom stereocenters. The zero-order chi connectivity index (χ0) is 15.6. The monoisotopic (exact) mass is 362 g/mol. The Morgan fingerprint density at radius 1 is 1.29 bits per heavy atom. The van der Waals surface area contributed by atoms with Gasteiger partial charge in [-0.1, -0.05) is 18.2 Å². The summed E-state index contributed by atoms with van der Waals surface area (Å²) in [6.07, 6.45) is 5.02. The maximum Gasteiger partial charge on any atom is 0.261 e. The van der Waals surface area contributed by atoms with Crippen molar-refractivity contribution in [1.82, 2.24) is 10.2 Å². The normalized spacial score (nSPS) is 29.5. The van der Waals surface area contributed by atoms with Crippen molar-refractivity contribution in [2.75, 3.05) is 13.1 Å². The van der Waals surface area contributed by atoms with E-state index in [0.29, 0.717) is 17.5 Å². The first-order valence-corrected chi connectivity index (χ1v) is 9.54. The van der Waals surface area contributed by atoms with Gasteiger partial charge in [0, 0.05) is 10.2 Å². The Labute approximate surface area is 152 Å². The number of carbonyl (C=O) groups excluding carboxylic acids is 1. The molecule has 128 valence electrons. The second-order valence-corrected chi connectivity index (χ2v) is 8.54. The van der Waals surface area contributed by atoms with Crippen LogP contribution in [0, 0.1) is 12.8 Å². The van der Waals surface area contributed by atoms with Gasteiger partial charge >= 0.3 is 0 Å². The van der Waals surface area contributed by atoms with E-state index in [1.165, 1.54) is 54.4 Å². The van der Waals surface area contributed by atoms with E-state index >= 15 is 0 Å². The van der Waals surface area contributed by atoms with Crippen LogP contribution in [0.25, 0.3) is 10.1 Å². The van der Waals surface area contributed by atoms with Crippen LogP contribution in [0.3, 0.4) is 0 Å². The molecule has 6 rings (SSSR count). The third-order valence-corrected chi connectivity index (χ3v) is 7.52. The molecule has 1 atom stereocenters. The fraction of sp³-hybridized carbons (Fsp3) is 0.526. The van der Waals surface area contributed by atoms with Gasteiger partial charge in [0.2, 0.25) is 0 Å². The molecule has 2 aromatic rings. The smallest absolute Gasteiger partial charge is 0.261 e. The molecule has 1 spiro atoms. The van der Waals surface area contributed by atoms with E-state index in [1.54, 1.807) is 11.3 Å². The highest BCUT2D eigenvalue weighted by Crippen LogP contribution is 2.53. The number of nitrogens with zero attached hydrogens (tertiary/aromatic N) is 1. The molecular formula is C19H23ClN2OS. The fourth-order valence-electron chi connectivity index (χ4n) is 4.85. The summed E-state index contributed by atoms with van der Waals surface area (Å²) in [5, 5.41) is 4.62. The molecule has 1 aromatic carbocycles. The highest BCUT2D eigenvalue weighted by Gasteiger charge is 2.60. The number of piperidine rings is 3. The van der Waals surface area contributed by atoms with Gasteiger partial charge < -0.3 is 5.32 Å². The van der Waals surface area contributed by atoms with E-state index in [9.17, 15) is 4.79 Å². The third-order valence-electron chi connectivity index (χ3n) is 6.23. The number of nitrogens with one attached hydrogen (secondary N) is 1. The first-order valence-electron chi connectivity index (χ1n) is 8.72. The molecule has 4 heterocycles. The fourth-order valence-corrected chi connectivity index (χ4v) is 5.89. The summed E-state index contributed by atoms with van der Waals surface area (Å²) in [7, 11) is 0. The van der Waals surface area contributed by atoms with Gasteiger partial charge in [0.1, 0.15) is 0 Å². The molecule has 0 radical (unpaired) electrons. The van der Waals surface area contributed by atoms with Crippen molar-refractivity contribution in [3.8, 4) is 0 Å². The number of hydrogen-bond donors (Lipinski definition) is 1. The van der Waals surface area contributed by atoms with E-state index < -0.39 is 0 Å². The molecule has 1 saturated carbocycles. The summed E-state index contributed by atoms with van der Waals surface area (Å²) in [5.74, 6) is 0.818. The van der Waals surface area contributed by atoms with Gasteiger partial charge in [-0.05, 0) is 68.6 Å². The average molecular weight is 363 g/mol. The van der Waals surface area contributed by atoms with Crippen LogP contribution in [0.2, 0.25) is 0 Å². The molecule has 3 saturated heterocycles. The lowest BCUT2D eigenvalue weighted by atomic mass is 9.77. The van der Waals surface area contributed by atoms with Crippen molar-refractivity contribution in [3.63, 3.8) is 0 Å². The van der Waals surface area contributed by atoms with Crippen molar-refractivity contribution >= 4 is 39.7 Å². The van der Waals surface area contributed by atoms with Crippen molar-refractivity contribution in [1.29, 1.82) is 0 Å². The highest BCUT2D eigenvalue weighted by atomic mass is 35.5. The predicted octanol–water partition coefficient (Wildman–Crippen LogP) is 3.99. The second kappa shape index (κ2) is 5.72. The second-order valence-electron chi connectivity index (χ2n) is 7.48. The molecule has 4 aliphatic rings. The molecule has 3 nitrogen and oxygen atoms in total. The van der Waals surface area contributed by atoms with E-state index in [4.69, 9.17) is 0 Å². The molecule has 1 aliphatic carbocycles. The van der Waals surface area contributed by atoms with Crippen LogP contribution in [-0.4, -0.2) is 35.5 Å². The van der Waals surface area contributed by atoms with E-state index in [1.807, 2.05) is 0 Å². The molecule has 1 amide bonds. The SMILES string of the molecule is Cc1cccc2cc(C(=O)N[C@@H]3C4CCN(CC4)C34CC4)sc12.Cl. The number of amides is 1. The number of hydrogen-bond acceptors (Lipinski definition) is 3.